The van der Waals surface area contributed by atoms with Gasteiger partial charge in [-0.05, 0) is 49.6 Å². The highest BCUT2D eigenvalue weighted by Crippen LogP contribution is 2.16. The van der Waals surface area contributed by atoms with Crippen LogP contribution in [0.3, 0.4) is 0 Å². The van der Waals surface area contributed by atoms with Crippen molar-refractivity contribution in [2.45, 2.75) is 39.9 Å². The van der Waals surface area contributed by atoms with Crippen LogP contribution in [-0.4, -0.2) is 10.9 Å². The van der Waals surface area contributed by atoms with Gasteiger partial charge in [-0.2, -0.15) is 0 Å². The average molecular weight is 268 g/mol. The van der Waals surface area contributed by atoms with Crippen molar-refractivity contribution in [2.75, 3.05) is 5.73 Å². The van der Waals surface area contributed by atoms with E-state index in [4.69, 9.17) is 5.73 Å². The Morgan fingerprint density at radius 1 is 0.950 bits per heavy atom. The molecule has 0 saturated carbocycles. The van der Waals surface area contributed by atoms with Crippen LogP contribution in [0.1, 0.15) is 30.5 Å². The summed E-state index contributed by atoms with van der Waals surface area (Å²) < 4.78 is 0. The smallest absolute Gasteiger partial charge is 0.0314 e. The zero-order valence-electron chi connectivity index (χ0n) is 12.6. The van der Waals surface area contributed by atoms with Crippen molar-refractivity contribution < 1.29 is 0 Å². The van der Waals surface area contributed by atoms with E-state index in [1.807, 2.05) is 12.1 Å². The lowest BCUT2D eigenvalue weighted by atomic mass is 10.1. The van der Waals surface area contributed by atoms with Crippen LogP contribution in [0.15, 0.2) is 48.5 Å². The van der Waals surface area contributed by atoms with E-state index in [9.17, 15) is 0 Å². The van der Waals surface area contributed by atoms with Gasteiger partial charge in [0.05, 0.1) is 0 Å². The van der Waals surface area contributed by atoms with Gasteiger partial charge in [0.15, 0.2) is 0 Å². The fourth-order valence-corrected chi connectivity index (χ4v) is 2.28. The molecule has 0 amide bonds. The summed E-state index contributed by atoms with van der Waals surface area (Å²) in [5, 5.41) is 0. The van der Waals surface area contributed by atoms with Gasteiger partial charge in [-0.25, -0.2) is 0 Å². The van der Waals surface area contributed by atoms with Gasteiger partial charge in [0, 0.05) is 24.8 Å². The third kappa shape index (κ3) is 3.84. The molecule has 2 heteroatoms. The molecule has 20 heavy (non-hydrogen) atoms. The maximum Gasteiger partial charge on any atom is 0.0314 e. The Kier molecular flexibility index (Phi) is 4.80. The predicted octanol–water partition coefficient (Wildman–Crippen LogP) is 3.99. The standard InChI is InChI=1S/C18H24N2/c1-14(2)20(12-16-8-10-18(19)11-9-16)13-17-7-5-4-6-15(17)3/h4-11,14H,12-13,19H2,1-3H3. The lowest BCUT2D eigenvalue weighted by Crippen LogP contribution is -2.30. The third-order valence-corrected chi connectivity index (χ3v) is 3.73. The third-order valence-electron chi connectivity index (χ3n) is 3.73. The van der Waals surface area contributed by atoms with Crippen LogP contribution in [0, 0.1) is 6.92 Å². The van der Waals surface area contributed by atoms with E-state index in [1.54, 1.807) is 0 Å². The van der Waals surface area contributed by atoms with Gasteiger partial charge in [-0.3, -0.25) is 4.90 Å². The van der Waals surface area contributed by atoms with E-state index in [0.717, 1.165) is 18.8 Å². The van der Waals surface area contributed by atoms with Crippen LogP contribution in [0.4, 0.5) is 5.69 Å². The number of anilines is 1. The fraction of sp³-hybridized carbons (Fsp3) is 0.333. The first-order valence-electron chi connectivity index (χ1n) is 7.19. The monoisotopic (exact) mass is 268 g/mol. The highest BCUT2D eigenvalue weighted by atomic mass is 15.1. The Labute approximate surface area is 122 Å². The first-order valence-corrected chi connectivity index (χ1v) is 7.19. The summed E-state index contributed by atoms with van der Waals surface area (Å²) in [6, 6.07) is 17.3. The van der Waals surface area contributed by atoms with E-state index in [1.165, 1.54) is 16.7 Å². The molecule has 0 atom stereocenters. The van der Waals surface area contributed by atoms with Gasteiger partial charge in [-0.15, -0.1) is 0 Å². The second kappa shape index (κ2) is 6.58. The van der Waals surface area contributed by atoms with E-state index in [2.05, 4.69) is 62.1 Å². The number of hydrogen-bond acceptors (Lipinski definition) is 2. The fourth-order valence-electron chi connectivity index (χ4n) is 2.28. The molecular weight excluding hydrogens is 244 g/mol. The Morgan fingerprint density at radius 2 is 1.60 bits per heavy atom. The van der Waals surface area contributed by atoms with Crippen LogP contribution in [0.5, 0.6) is 0 Å². The Balaban J connectivity index is 2.11. The molecule has 0 radical (unpaired) electrons. The second-order valence-corrected chi connectivity index (χ2v) is 5.67. The molecule has 0 saturated heterocycles. The quantitative estimate of drug-likeness (QED) is 0.831. The molecule has 0 bridgehead atoms. The van der Waals surface area contributed by atoms with E-state index in [-0.39, 0.29) is 0 Å². The number of benzene rings is 2. The summed E-state index contributed by atoms with van der Waals surface area (Å²) in [5.41, 5.74) is 10.6. The van der Waals surface area contributed by atoms with Gasteiger partial charge in [0.1, 0.15) is 0 Å². The number of rotatable bonds is 5. The summed E-state index contributed by atoms with van der Waals surface area (Å²) in [4.78, 5) is 2.48. The van der Waals surface area contributed by atoms with Crippen LogP contribution < -0.4 is 5.73 Å². The van der Waals surface area contributed by atoms with Gasteiger partial charge in [0.2, 0.25) is 0 Å². The SMILES string of the molecule is Cc1ccccc1CN(Cc1ccc(N)cc1)C(C)C. The lowest BCUT2D eigenvalue weighted by molar-refractivity contribution is 0.203. The summed E-state index contributed by atoms with van der Waals surface area (Å²) in [5.74, 6) is 0. The molecule has 0 unspecified atom stereocenters. The molecule has 0 aliphatic rings. The number of nitrogen functional groups attached to an aromatic ring is 1. The number of nitrogens with two attached hydrogens (primary N) is 1. The van der Waals surface area contributed by atoms with E-state index in [0.29, 0.717) is 6.04 Å². The first-order chi connectivity index (χ1) is 9.56. The molecule has 2 N–H and O–H groups in total. The van der Waals surface area contributed by atoms with Crippen molar-refractivity contribution in [3.63, 3.8) is 0 Å². The van der Waals surface area contributed by atoms with Gasteiger partial charge in [-0.1, -0.05) is 36.4 Å². The number of aryl methyl sites for hydroxylation is 1. The Hall–Kier alpha value is -1.80. The summed E-state index contributed by atoms with van der Waals surface area (Å²) in [6.07, 6.45) is 0. The zero-order valence-corrected chi connectivity index (χ0v) is 12.6. The average Bonchev–Trinajstić information content (AvgIpc) is 2.42. The minimum Gasteiger partial charge on any atom is -0.399 e. The van der Waals surface area contributed by atoms with Crippen LogP contribution in [-0.2, 0) is 13.1 Å². The van der Waals surface area contributed by atoms with Crippen molar-refractivity contribution in [1.29, 1.82) is 0 Å². The van der Waals surface area contributed by atoms with Gasteiger partial charge < -0.3 is 5.73 Å². The minimum atomic E-state index is 0.507. The van der Waals surface area contributed by atoms with Crippen molar-refractivity contribution in [3.8, 4) is 0 Å². The number of nitrogens with zero attached hydrogens (tertiary/aromatic N) is 1. The second-order valence-electron chi connectivity index (χ2n) is 5.67. The summed E-state index contributed by atoms with van der Waals surface area (Å²) in [7, 11) is 0. The largest absolute Gasteiger partial charge is 0.399 e. The highest BCUT2D eigenvalue weighted by molar-refractivity contribution is 5.39. The van der Waals surface area contributed by atoms with Crippen LogP contribution in [0.2, 0.25) is 0 Å². The van der Waals surface area contributed by atoms with E-state index < -0.39 is 0 Å². The molecule has 0 aromatic heterocycles. The first kappa shape index (κ1) is 14.6. The molecule has 0 fully saturated rings. The molecule has 0 aliphatic carbocycles. The molecular formula is C18H24N2. The molecule has 0 heterocycles. The van der Waals surface area contributed by atoms with Gasteiger partial charge >= 0.3 is 0 Å². The van der Waals surface area contributed by atoms with Crippen LogP contribution >= 0.6 is 0 Å². The maximum atomic E-state index is 5.75. The topological polar surface area (TPSA) is 29.3 Å². The lowest BCUT2D eigenvalue weighted by Gasteiger charge is -2.27. The van der Waals surface area contributed by atoms with Crippen molar-refractivity contribution in [3.05, 3.63) is 65.2 Å². The van der Waals surface area contributed by atoms with Crippen LogP contribution in [0.25, 0.3) is 0 Å². The predicted molar refractivity (Wildman–Crippen MR) is 86.4 cm³/mol. The number of hydrogen-bond donors (Lipinski definition) is 1. The maximum absolute atomic E-state index is 5.75. The highest BCUT2D eigenvalue weighted by Gasteiger charge is 2.12. The molecule has 106 valence electrons. The van der Waals surface area contributed by atoms with Gasteiger partial charge in [0.25, 0.3) is 0 Å². The van der Waals surface area contributed by atoms with Crippen molar-refractivity contribution in [1.82, 2.24) is 4.90 Å². The summed E-state index contributed by atoms with van der Waals surface area (Å²) >= 11 is 0. The molecule has 2 aromatic carbocycles. The minimum absolute atomic E-state index is 0.507. The normalized spacial score (nSPS) is 11.2. The molecule has 0 spiro atoms. The van der Waals surface area contributed by atoms with Crippen molar-refractivity contribution in [2.24, 2.45) is 0 Å². The Morgan fingerprint density at radius 3 is 2.20 bits per heavy atom. The van der Waals surface area contributed by atoms with E-state index >= 15 is 0 Å². The molecule has 2 nitrogen and oxygen atoms in total. The Bertz CT molecular complexity index is 544. The summed E-state index contributed by atoms with van der Waals surface area (Å²) in [6.45, 7) is 8.60. The molecule has 2 aromatic rings. The zero-order chi connectivity index (χ0) is 14.5. The van der Waals surface area contributed by atoms with Crippen molar-refractivity contribution >= 4 is 5.69 Å². The molecule has 2 rings (SSSR count). The molecule has 0 aliphatic heterocycles.